The number of carbonyl (C=O) groups is 1. The number of rotatable bonds is 3. The van der Waals surface area contributed by atoms with Crippen LogP contribution in [0.3, 0.4) is 0 Å². The average molecular weight is 349 g/mol. The summed E-state index contributed by atoms with van der Waals surface area (Å²) in [7, 11) is 0. The summed E-state index contributed by atoms with van der Waals surface area (Å²) in [4.78, 5) is 20.2. The molecule has 3 heterocycles. The third-order valence-corrected chi connectivity index (χ3v) is 5.53. The van der Waals surface area contributed by atoms with E-state index < -0.39 is 0 Å². The highest BCUT2D eigenvalue weighted by atomic mass is 32.1. The van der Waals surface area contributed by atoms with Crippen LogP contribution in [0.4, 0.5) is 4.79 Å². The minimum absolute atomic E-state index is 0.0198. The molecule has 4 rings (SSSR count). The smallest absolute Gasteiger partial charge is 0.318 e. The zero-order valence-electron chi connectivity index (χ0n) is 13.8. The lowest BCUT2D eigenvalue weighted by Crippen LogP contribution is -2.45. The first-order valence-electron chi connectivity index (χ1n) is 8.37. The Morgan fingerprint density at radius 3 is 2.76 bits per heavy atom. The zero-order valence-corrected chi connectivity index (χ0v) is 14.6. The Labute approximate surface area is 151 Å². The van der Waals surface area contributed by atoms with Crippen molar-refractivity contribution < 1.29 is 4.79 Å². The molecule has 2 aromatic heterocycles. The van der Waals surface area contributed by atoms with Gasteiger partial charge in [-0.25, -0.2) is 4.79 Å². The molecule has 1 atom stereocenters. The number of thiophene rings is 1. The van der Waals surface area contributed by atoms with Gasteiger partial charge in [0.15, 0.2) is 0 Å². The van der Waals surface area contributed by atoms with Gasteiger partial charge < -0.3 is 10.2 Å². The van der Waals surface area contributed by atoms with Gasteiger partial charge >= 0.3 is 6.03 Å². The lowest BCUT2D eigenvalue weighted by atomic mass is 9.93. The molecular formula is C20H19N3OS. The highest BCUT2D eigenvalue weighted by Crippen LogP contribution is 2.37. The summed E-state index contributed by atoms with van der Waals surface area (Å²) in [5.41, 5.74) is 3.45. The van der Waals surface area contributed by atoms with Gasteiger partial charge in [-0.1, -0.05) is 30.3 Å². The Balaban J connectivity index is 1.58. The average Bonchev–Trinajstić information content (AvgIpc) is 3.15. The van der Waals surface area contributed by atoms with E-state index in [1.165, 1.54) is 10.4 Å². The Bertz CT molecular complexity index is 848. The Kier molecular flexibility index (Phi) is 4.48. The van der Waals surface area contributed by atoms with Gasteiger partial charge in [0.2, 0.25) is 0 Å². The molecule has 1 aromatic carbocycles. The maximum atomic E-state index is 12.9. The van der Waals surface area contributed by atoms with Crippen LogP contribution in [-0.2, 0) is 13.0 Å². The number of nitrogens with zero attached hydrogens (tertiary/aromatic N) is 2. The molecule has 0 fully saturated rings. The van der Waals surface area contributed by atoms with Gasteiger partial charge in [0.25, 0.3) is 0 Å². The molecule has 0 radical (unpaired) electrons. The predicted molar refractivity (Wildman–Crippen MR) is 99.5 cm³/mol. The van der Waals surface area contributed by atoms with Crippen molar-refractivity contribution in [2.24, 2.45) is 0 Å². The van der Waals surface area contributed by atoms with E-state index in [4.69, 9.17) is 0 Å². The Morgan fingerprint density at radius 1 is 1.16 bits per heavy atom. The number of fused-ring (bicyclic) bond motifs is 1. The topological polar surface area (TPSA) is 45.2 Å². The zero-order chi connectivity index (χ0) is 17.1. The minimum Gasteiger partial charge on any atom is -0.334 e. The number of pyridine rings is 1. The van der Waals surface area contributed by atoms with Crippen molar-refractivity contribution in [3.05, 3.63) is 87.9 Å². The van der Waals surface area contributed by atoms with E-state index in [9.17, 15) is 4.79 Å². The molecular weight excluding hydrogens is 330 g/mol. The van der Waals surface area contributed by atoms with Gasteiger partial charge in [0, 0.05) is 30.4 Å². The maximum absolute atomic E-state index is 12.9. The molecule has 1 N–H and O–H groups in total. The number of carbonyl (C=O) groups excluding carboxylic acids is 1. The van der Waals surface area contributed by atoms with Gasteiger partial charge in [-0.05, 0) is 46.7 Å². The van der Waals surface area contributed by atoms with Gasteiger partial charge in [-0.15, -0.1) is 11.3 Å². The Morgan fingerprint density at radius 2 is 1.96 bits per heavy atom. The van der Waals surface area contributed by atoms with Crippen molar-refractivity contribution >= 4 is 17.4 Å². The molecule has 0 saturated heterocycles. The van der Waals surface area contributed by atoms with Crippen LogP contribution in [-0.4, -0.2) is 22.5 Å². The first-order chi connectivity index (χ1) is 12.3. The third kappa shape index (κ3) is 3.28. The summed E-state index contributed by atoms with van der Waals surface area (Å²) < 4.78 is 0. The van der Waals surface area contributed by atoms with Gasteiger partial charge in [0.1, 0.15) is 0 Å². The summed E-state index contributed by atoms with van der Waals surface area (Å²) in [5, 5.41) is 5.18. The van der Waals surface area contributed by atoms with E-state index in [0.717, 1.165) is 24.1 Å². The van der Waals surface area contributed by atoms with Gasteiger partial charge in [-0.3, -0.25) is 4.98 Å². The minimum atomic E-state index is -0.0254. The lowest BCUT2D eigenvalue weighted by molar-refractivity contribution is 0.180. The molecule has 2 amide bonds. The number of benzene rings is 1. The quantitative estimate of drug-likeness (QED) is 0.777. The molecule has 0 spiro atoms. The molecule has 0 aliphatic carbocycles. The molecule has 1 unspecified atom stereocenters. The summed E-state index contributed by atoms with van der Waals surface area (Å²) in [6, 6.07) is 16.2. The number of amides is 2. The van der Waals surface area contributed by atoms with Crippen LogP contribution >= 0.6 is 11.3 Å². The summed E-state index contributed by atoms with van der Waals surface area (Å²) in [5.74, 6) is 0. The van der Waals surface area contributed by atoms with E-state index in [1.807, 2.05) is 35.2 Å². The van der Waals surface area contributed by atoms with Crippen molar-refractivity contribution in [3.63, 3.8) is 0 Å². The fraction of sp³-hybridized carbons (Fsp3) is 0.200. The normalized spacial score (nSPS) is 16.3. The van der Waals surface area contributed by atoms with Crippen molar-refractivity contribution in [3.8, 4) is 0 Å². The van der Waals surface area contributed by atoms with Crippen LogP contribution in [0.2, 0.25) is 0 Å². The van der Waals surface area contributed by atoms with E-state index in [1.54, 1.807) is 23.7 Å². The summed E-state index contributed by atoms with van der Waals surface area (Å²) >= 11 is 1.78. The largest absolute Gasteiger partial charge is 0.334 e. The standard InChI is InChI=1S/C20H19N3OS/c24-20(22-14-15-6-10-21-11-7-15)23-12-8-18-17(9-13-25-18)19(23)16-4-2-1-3-5-16/h1-7,9-11,13,19H,8,12,14H2,(H,22,24). The van der Waals surface area contributed by atoms with E-state index in [2.05, 4.69) is 33.9 Å². The van der Waals surface area contributed by atoms with Gasteiger partial charge in [-0.2, -0.15) is 0 Å². The number of hydrogen-bond donors (Lipinski definition) is 1. The van der Waals surface area contributed by atoms with Crippen molar-refractivity contribution in [1.82, 2.24) is 15.2 Å². The third-order valence-electron chi connectivity index (χ3n) is 4.54. The molecule has 1 aliphatic rings. The molecule has 3 aromatic rings. The monoisotopic (exact) mass is 349 g/mol. The molecule has 1 aliphatic heterocycles. The second kappa shape index (κ2) is 7.07. The van der Waals surface area contributed by atoms with E-state index in [-0.39, 0.29) is 12.1 Å². The highest BCUT2D eigenvalue weighted by Gasteiger charge is 2.32. The molecule has 0 bridgehead atoms. The highest BCUT2D eigenvalue weighted by molar-refractivity contribution is 7.10. The summed E-state index contributed by atoms with van der Waals surface area (Å²) in [6.45, 7) is 1.24. The Hall–Kier alpha value is -2.66. The van der Waals surface area contributed by atoms with Crippen molar-refractivity contribution in [2.45, 2.75) is 19.0 Å². The van der Waals surface area contributed by atoms with Crippen LogP contribution in [0, 0.1) is 0 Å². The van der Waals surface area contributed by atoms with E-state index in [0.29, 0.717) is 6.54 Å². The molecule has 0 saturated carbocycles. The van der Waals surface area contributed by atoms with Crippen molar-refractivity contribution in [1.29, 1.82) is 0 Å². The molecule has 126 valence electrons. The van der Waals surface area contributed by atoms with Crippen LogP contribution < -0.4 is 5.32 Å². The number of hydrogen-bond acceptors (Lipinski definition) is 3. The van der Waals surface area contributed by atoms with Crippen LogP contribution in [0.15, 0.2) is 66.3 Å². The maximum Gasteiger partial charge on any atom is 0.318 e. The second-order valence-electron chi connectivity index (χ2n) is 6.07. The molecule has 25 heavy (non-hydrogen) atoms. The fourth-order valence-corrected chi connectivity index (χ4v) is 4.21. The van der Waals surface area contributed by atoms with Crippen LogP contribution in [0.1, 0.15) is 27.6 Å². The summed E-state index contributed by atoms with van der Waals surface area (Å²) in [6.07, 6.45) is 4.40. The van der Waals surface area contributed by atoms with E-state index >= 15 is 0 Å². The van der Waals surface area contributed by atoms with Gasteiger partial charge in [0.05, 0.1) is 6.04 Å². The first-order valence-corrected chi connectivity index (χ1v) is 9.25. The molecule has 5 heteroatoms. The SMILES string of the molecule is O=C(NCc1ccncc1)N1CCc2sccc2C1c1ccccc1. The number of urea groups is 1. The predicted octanol–water partition coefficient (Wildman–Crippen LogP) is 4.00. The fourth-order valence-electron chi connectivity index (χ4n) is 3.31. The number of aromatic nitrogens is 1. The number of nitrogens with one attached hydrogen (secondary N) is 1. The molecule has 4 nitrogen and oxygen atoms in total. The van der Waals surface area contributed by atoms with Crippen LogP contribution in [0.25, 0.3) is 0 Å². The lowest BCUT2D eigenvalue weighted by Gasteiger charge is -2.36. The van der Waals surface area contributed by atoms with Crippen molar-refractivity contribution in [2.75, 3.05) is 6.54 Å². The van der Waals surface area contributed by atoms with Crippen LogP contribution in [0.5, 0.6) is 0 Å². The first kappa shape index (κ1) is 15.8. The second-order valence-corrected chi connectivity index (χ2v) is 7.07.